The van der Waals surface area contributed by atoms with Gasteiger partial charge < -0.3 is 43.2 Å². The van der Waals surface area contributed by atoms with E-state index in [4.69, 9.17) is 28.2 Å². The Morgan fingerprint density at radius 3 is 0.945 bits per heavy atom. The minimum absolute atomic E-state index is 0. The summed E-state index contributed by atoms with van der Waals surface area (Å²) in [6.07, 6.45) is 13.5. The number of nitrogens with zero attached hydrogens (tertiary/aromatic N) is 6. The molecule has 0 aliphatic rings. The quantitative estimate of drug-likeness (QED) is 0.0543. The van der Waals surface area contributed by atoms with Crippen molar-refractivity contribution in [3.8, 4) is 67.5 Å². The van der Waals surface area contributed by atoms with E-state index in [1.165, 1.54) is 38.9 Å². The van der Waals surface area contributed by atoms with Crippen molar-refractivity contribution in [2.45, 2.75) is 246 Å². The first-order valence-corrected chi connectivity index (χ1v) is 97.5. The maximum Gasteiger partial charge on any atom is 0.123 e. The van der Waals surface area contributed by atoms with E-state index in [0.29, 0.717) is 5.92 Å². The number of benzene rings is 9. The molecule has 18 aromatic rings. The Morgan fingerprint density at radius 1 is 0.260 bits per heavy atom. The first-order chi connectivity index (χ1) is 66.8. The molecule has 0 unspecified atom stereocenters. The van der Waals surface area contributed by atoms with Crippen molar-refractivity contribution >= 4 is 170 Å². The van der Waals surface area contributed by atoms with E-state index in [0.717, 1.165) is 140 Å². The molecule has 9 aromatic heterocycles. The van der Waals surface area contributed by atoms with E-state index in [1.54, 1.807) is 21.1 Å². The van der Waals surface area contributed by atoms with Gasteiger partial charge in [-0.15, -0.1) is 160 Å². The number of hydrogen-bond donors (Lipinski definition) is 0. The molecule has 0 saturated heterocycles. The molecule has 0 saturated carbocycles. The number of aromatic nitrogens is 6. The van der Waals surface area contributed by atoms with Crippen molar-refractivity contribution in [3.05, 3.63) is 343 Å². The molecular formula is C122H154Ir3N6O3Si12-6. The molecule has 24 heteroatoms. The molecular weight excluding hydrogens is 2510 g/mol. The van der Waals surface area contributed by atoms with Crippen LogP contribution >= 0.6 is 0 Å². The molecule has 146 heavy (non-hydrogen) atoms. The van der Waals surface area contributed by atoms with Crippen LogP contribution in [0.25, 0.3) is 133 Å². The van der Waals surface area contributed by atoms with Gasteiger partial charge in [-0.2, -0.15) is 0 Å². The minimum Gasteiger partial charge on any atom is -0.501 e. The first kappa shape index (κ1) is 120. The summed E-state index contributed by atoms with van der Waals surface area (Å²) in [5, 5.41) is 11.8. The van der Waals surface area contributed by atoms with Crippen LogP contribution in [0.5, 0.6) is 0 Å². The van der Waals surface area contributed by atoms with E-state index in [-0.39, 0.29) is 60.3 Å². The van der Waals surface area contributed by atoms with Crippen LogP contribution < -0.4 is 15.6 Å². The van der Waals surface area contributed by atoms with Crippen LogP contribution in [0.4, 0.5) is 0 Å². The Bertz CT molecular complexity index is 7200. The second kappa shape index (κ2) is 47.4. The van der Waals surface area contributed by atoms with Gasteiger partial charge in [0.05, 0.1) is 36.6 Å². The SMILES string of the molecule is CC(C)Cc1cc(-c2[c-]cc3c(c2)oc2ccccc23)ncc1[Si]([Si](C)(C)C)([Si](C)(C)C)[Si](C)(C)C.C[Si](C)(C)[Si](c1ccc(-c2[c-]ccc3c2oc2ccccc23)nc1)([Si](C)(C)C)[Si](C)(C)C.Cc1c[c-]c(-c2cc(C)ccn2)cc1.Cc1c[c-]c(-c2cc(C)ccn2)cc1.Cc1c[c-]c(-c2cc(C)ccn2)cc1.Cc1cc(-c2[c-]ccc3c2oc2ccccc23)ncc1[Si]([Si](C)(C)C)([Si](C)(C)C)[Si](C)(C)C.[Ir].[Ir].[Ir]. The number of rotatable bonds is 20. The standard InChI is InChI=1S/C30H44NOSi4.C27H38NOSi4.C26H36NOSi4.3C13H12N.3Ir/c1-22(2)18-24-19-27(23-16-17-26-25-14-12-13-15-28(25)32-29(26)20-23)31-21-30(24)36(33(3,4)5,34(6,7)8)35(9,10)11;1-20-18-24(23-16-13-15-22-21-14-11-12-17-25(21)29-27(22)23)28-19-26(20)33(30(2,3)4,31(5,6)7)32(8,9)10;1-29(2,3)32(30(4,5)6,31(7,8)9)20-17-18-24(27-19-20)23-15-12-14-22-21-13-10-11-16-25(21)28-26(22)23;3*1-10-3-5-12(6-4-10)13-9-11(2)7-8-14-13;;;/h12-15,17,19-22H,18H2,1-11H3;11-15,17-19H,1-10H3;10-14,16-19H,1-9H3;3*3-5,7-9H,1-2H3;;;/q6*-1;;;. The van der Waals surface area contributed by atoms with Crippen LogP contribution in [0.3, 0.4) is 0 Å². The normalized spacial score (nSPS) is 12.4. The third-order valence-corrected chi connectivity index (χ3v) is 243. The number of fused-ring (bicyclic) bond motifs is 9. The average Bonchev–Trinajstić information content (AvgIpc) is 0.738. The smallest absolute Gasteiger partial charge is 0.123 e. The van der Waals surface area contributed by atoms with Gasteiger partial charge in [-0.3, -0.25) is 0 Å². The predicted molar refractivity (Wildman–Crippen MR) is 651 cm³/mol. The van der Waals surface area contributed by atoms with Crippen LogP contribution in [0.1, 0.15) is 58.4 Å². The molecule has 771 valence electrons. The molecule has 0 N–H and O–H groups in total. The molecule has 0 amide bonds. The molecule has 9 heterocycles. The molecule has 9 aromatic carbocycles. The van der Waals surface area contributed by atoms with Gasteiger partial charge in [0.15, 0.2) is 0 Å². The molecule has 3 radical (unpaired) electrons. The summed E-state index contributed by atoms with van der Waals surface area (Å²) in [7, 11) is -13.0. The fourth-order valence-corrected chi connectivity index (χ4v) is 328. The number of hydrogen-bond acceptors (Lipinski definition) is 9. The largest absolute Gasteiger partial charge is 0.501 e. The van der Waals surface area contributed by atoms with Crippen molar-refractivity contribution in [2.24, 2.45) is 5.92 Å². The zero-order chi connectivity index (χ0) is 105. The van der Waals surface area contributed by atoms with Crippen LogP contribution in [0, 0.1) is 90.8 Å². The van der Waals surface area contributed by atoms with Crippen molar-refractivity contribution in [3.63, 3.8) is 0 Å². The number of pyridine rings is 6. The summed E-state index contributed by atoms with van der Waals surface area (Å²) in [5.74, 6) is 0.609. The Balaban J connectivity index is 0.000000186. The van der Waals surface area contributed by atoms with Gasteiger partial charge >= 0.3 is 0 Å². The van der Waals surface area contributed by atoms with Crippen LogP contribution in [0.15, 0.2) is 275 Å². The van der Waals surface area contributed by atoms with Crippen molar-refractivity contribution in [1.82, 2.24) is 29.9 Å². The number of furan rings is 3. The zero-order valence-corrected chi connectivity index (χ0v) is 113. The second-order valence-corrected chi connectivity index (χ2v) is 170. The average molecular weight is 2670 g/mol. The Hall–Kier alpha value is -8.17. The summed E-state index contributed by atoms with van der Waals surface area (Å²) in [5.41, 5.74) is 27.9. The maximum absolute atomic E-state index is 6.30. The molecule has 0 atom stereocenters. The first-order valence-electron chi connectivity index (χ1n) is 51.0. The van der Waals surface area contributed by atoms with E-state index in [2.05, 4.69) is 449 Å². The second-order valence-electron chi connectivity index (χ2n) is 49.2. The topological polar surface area (TPSA) is 117 Å². The van der Waals surface area contributed by atoms with Crippen molar-refractivity contribution in [2.75, 3.05) is 0 Å². The predicted octanol–water partition coefficient (Wildman–Crippen LogP) is 33.1. The molecule has 18 rings (SSSR count). The summed E-state index contributed by atoms with van der Waals surface area (Å²) < 4.78 is 18.7. The minimum atomic E-state index is -1.75. The molecule has 0 fully saturated rings. The summed E-state index contributed by atoms with van der Waals surface area (Å²) in [4.78, 5) is 28.4. The van der Waals surface area contributed by atoms with Gasteiger partial charge in [-0.25, -0.2) is 0 Å². The number of aryl methyl sites for hydroxylation is 7. The van der Waals surface area contributed by atoms with Gasteiger partial charge in [-0.05, 0) is 126 Å². The van der Waals surface area contributed by atoms with E-state index in [9.17, 15) is 0 Å². The van der Waals surface area contributed by atoms with Gasteiger partial charge in [-0.1, -0.05) is 375 Å². The van der Waals surface area contributed by atoms with Gasteiger partial charge in [0.2, 0.25) is 0 Å². The van der Waals surface area contributed by atoms with Gasteiger partial charge in [0.25, 0.3) is 0 Å². The van der Waals surface area contributed by atoms with E-state index in [1.807, 2.05) is 104 Å². The Morgan fingerprint density at radius 2 is 0.596 bits per heavy atom. The molecule has 9 nitrogen and oxygen atoms in total. The molecule has 0 aliphatic carbocycles. The number of para-hydroxylation sites is 3. The fraction of sp³-hybridized carbons (Fsp3) is 0.311. The van der Waals surface area contributed by atoms with Crippen LogP contribution in [-0.2, 0) is 66.7 Å². The third-order valence-electron chi connectivity index (χ3n) is 29.1. The van der Waals surface area contributed by atoms with Gasteiger partial charge in [0.1, 0.15) is 16.7 Å². The molecule has 0 aliphatic heterocycles. The summed E-state index contributed by atoms with van der Waals surface area (Å²) in [6.45, 7) is 85.9. The van der Waals surface area contributed by atoms with E-state index < -0.39 is 88.2 Å². The third kappa shape index (κ3) is 25.2. The van der Waals surface area contributed by atoms with Crippen LogP contribution in [0.2, 0.25) is 177 Å². The monoisotopic (exact) mass is 2670 g/mol. The zero-order valence-electron chi connectivity index (χ0n) is 93.5. The maximum atomic E-state index is 6.30. The molecule has 0 bridgehead atoms. The van der Waals surface area contributed by atoms with Crippen molar-refractivity contribution < 1.29 is 73.6 Å². The molecule has 0 spiro atoms. The van der Waals surface area contributed by atoms with Gasteiger partial charge in [0, 0.05) is 177 Å². The Kier molecular flexibility index (Phi) is 38.8. The summed E-state index contributed by atoms with van der Waals surface area (Å²) >= 11 is 0. The van der Waals surface area contributed by atoms with Crippen LogP contribution in [-0.4, -0.2) is 118 Å². The Labute approximate surface area is 925 Å². The fourth-order valence-electron chi connectivity index (χ4n) is 26.9. The van der Waals surface area contributed by atoms with E-state index >= 15 is 0 Å². The van der Waals surface area contributed by atoms with Crippen molar-refractivity contribution in [1.29, 1.82) is 0 Å². The summed E-state index contributed by atoms with van der Waals surface area (Å²) in [6, 6.07) is 97.3.